The molecule has 8 heteroatoms. The molecular weight excluding hydrogens is 306 g/mol. The Labute approximate surface area is 133 Å². The van der Waals surface area contributed by atoms with Gasteiger partial charge < -0.3 is 23.8 Å². The molecule has 126 valence electrons. The first kappa shape index (κ1) is 18.3. The van der Waals surface area contributed by atoms with Gasteiger partial charge in [0.15, 0.2) is 6.61 Å². The van der Waals surface area contributed by atoms with E-state index in [0.29, 0.717) is 11.4 Å². The molecule has 0 aliphatic rings. The van der Waals surface area contributed by atoms with Crippen molar-refractivity contribution in [2.75, 3.05) is 45.9 Å². The van der Waals surface area contributed by atoms with Crippen molar-refractivity contribution in [3.63, 3.8) is 0 Å². The van der Waals surface area contributed by atoms with Crippen LogP contribution in [0.2, 0.25) is 0 Å². The predicted molar refractivity (Wildman–Crippen MR) is 80.2 cm³/mol. The molecule has 0 amide bonds. The van der Waals surface area contributed by atoms with Gasteiger partial charge in [-0.3, -0.25) is 9.59 Å². The van der Waals surface area contributed by atoms with Gasteiger partial charge in [0.1, 0.15) is 18.8 Å². The average Bonchev–Trinajstić information content (AvgIpc) is 2.58. The molecule has 0 unspecified atom stereocenters. The molecule has 1 rings (SSSR count). The molecule has 0 aliphatic heterocycles. The van der Waals surface area contributed by atoms with E-state index in [1.54, 1.807) is 24.3 Å². The van der Waals surface area contributed by atoms with Crippen molar-refractivity contribution in [2.45, 2.75) is 0 Å². The maximum absolute atomic E-state index is 11.6. The Morgan fingerprint density at radius 3 is 1.91 bits per heavy atom. The van der Waals surface area contributed by atoms with E-state index in [-0.39, 0.29) is 19.7 Å². The number of para-hydroxylation sites is 2. The van der Waals surface area contributed by atoms with Gasteiger partial charge in [0.05, 0.1) is 27.0 Å². The summed E-state index contributed by atoms with van der Waals surface area (Å²) >= 11 is 0. The molecule has 0 saturated carbocycles. The lowest BCUT2D eigenvalue weighted by atomic mass is 10.2. The molecule has 1 aromatic carbocycles. The summed E-state index contributed by atoms with van der Waals surface area (Å²) in [5, 5.41) is 0. The van der Waals surface area contributed by atoms with Gasteiger partial charge in [0.25, 0.3) is 0 Å². The smallest absolute Gasteiger partial charge is 0.343 e. The zero-order chi connectivity index (χ0) is 17.2. The lowest BCUT2D eigenvalue weighted by molar-refractivity contribution is -0.143. The molecule has 0 spiro atoms. The Hall–Kier alpha value is -2.77. The Morgan fingerprint density at radius 2 is 1.39 bits per heavy atom. The molecule has 0 N–H and O–H groups in total. The van der Waals surface area contributed by atoms with Crippen molar-refractivity contribution in [2.24, 2.45) is 0 Å². The van der Waals surface area contributed by atoms with E-state index in [0.717, 1.165) is 0 Å². The Bertz CT molecular complexity index is 541. The topological polar surface area (TPSA) is 91.4 Å². The summed E-state index contributed by atoms with van der Waals surface area (Å²) in [4.78, 5) is 35.8. The third-order valence-electron chi connectivity index (χ3n) is 2.87. The van der Waals surface area contributed by atoms with Crippen LogP contribution in [0.1, 0.15) is 0 Å². The highest BCUT2D eigenvalue weighted by Gasteiger charge is 2.19. The fraction of sp³-hybridized carbons (Fsp3) is 0.400. The van der Waals surface area contributed by atoms with E-state index >= 15 is 0 Å². The highest BCUT2D eigenvalue weighted by molar-refractivity contribution is 5.82. The van der Waals surface area contributed by atoms with Crippen molar-refractivity contribution < 1.29 is 33.3 Å². The van der Waals surface area contributed by atoms with Gasteiger partial charge in [-0.25, -0.2) is 4.79 Å². The van der Waals surface area contributed by atoms with Crippen molar-refractivity contribution in [1.82, 2.24) is 0 Å². The number of carbonyl (C=O) groups excluding carboxylic acids is 3. The second-order valence-corrected chi connectivity index (χ2v) is 4.34. The summed E-state index contributed by atoms with van der Waals surface area (Å²) in [6.45, 7) is -0.647. The molecule has 0 aliphatic carbocycles. The minimum absolute atomic E-state index is 0.176. The highest BCUT2D eigenvalue weighted by atomic mass is 16.6. The van der Waals surface area contributed by atoms with Crippen LogP contribution in [-0.4, -0.2) is 58.9 Å². The minimum Gasteiger partial charge on any atom is -0.480 e. The summed E-state index contributed by atoms with van der Waals surface area (Å²) in [6, 6.07) is 6.67. The fourth-order valence-corrected chi connectivity index (χ4v) is 1.70. The van der Waals surface area contributed by atoms with Crippen LogP contribution in [0.5, 0.6) is 5.75 Å². The van der Waals surface area contributed by atoms with E-state index in [2.05, 4.69) is 14.2 Å². The number of benzene rings is 1. The van der Waals surface area contributed by atoms with Gasteiger partial charge in [-0.05, 0) is 12.1 Å². The molecule has 0 aromatic heterocycles. The van der Waals surface area contributed by atoms with Gasteiger partial charge in [-0.15, -0.1) is 0 Å². The lowest BCUT2D eigenvalue weighted by Gasteiger charge is -2.24. The number of methoxy groups -OCH3 is 3. The maximum atomic E-state index is 11.6. The highest BCUT2D eigenvalue weighted by Crippen LogP contribution is 2.28. The second kappa shape index (κ2) is 9.29. The summed E-state index contributed by atoms with van der Waals surface area (Å²) in [5.74, 6) is -1.29. The molecule has 23 heavy (non-hydrogen) atoms. The Kier molecular flexibility index (Phi) is 7.38. The number of rotatable bonds is 8. The van der Waals surface area contributed by atoms with Gasteiger partial charge in [0.2, 0.25) is 0 Å². The Balaban J connectivity index is 3.01. The van der Waals surface area contributed by atoms with Crippen LogP contribution in [0.4, 0.5) is 5.69 Å². The average molecular weight is 325 g/mol. The summed E-state index contributed by atoms with van der Waals surface area (Å²) in [5.41, 5.74) is 0.451. The SMILES string of the molecule is COC(=O)COc1ccccc1N(CC(=O)OC)CC(=O)OC. The third kappa shape index (κ3) is 5.85. The van der Waals surface area contributed by atoms with Gasteiger partial charge in [-0.1, -0.05) is 12.1 Å². The molecule has 0 saturated heterocycles. The first-order valence-corrected chi connectivity index (χ1v) is 6.69. The second-order valence-electron chi connectivity index (χ2n) is 4.34. The quantitative estimate of drug-likeness (QED) is 0.501. The largest absolute Gasteiger partial charge is 0.480 e. The summed E-state index contributed by atoms with van der Waals surface area (Å²) in [7, 11) is 3.75. The van der Waals surface area contributed by atoms with Crippen molar-refractivity contribution in [3.05, 3.63) is 24.3 Å². The minimum atomic E-state index is -0.549. The van der Waals surface area contributed by atoms with Crippen LogP contribution in [0.25, 0.3) is 0 Å². The first-order valence-electron chi connectivity index (χ1n) is 6.69. The number of nitrogens with zero attached hydrogens (tertiary/aromatic N) is 1. The molecule has 0 atom stereocenters. The standard InChI is InChI=1S/C15H19NO7/c1-20-13(17)8-16(9-14(18)21-2)11-6-4-5-7-12(11)23-10-15(19)22-3/h4-7H,8-10H2,1-3H3. The molecule has 1 aromatic rings. The molecule has 0 radical (unpaired) electrons. The van der Waals surface area contributed by atoms with Crippen molar-refractivity contribution in [3.8, 4) is 5.75 Å². The van der Waals surface area contributed by atoms with E-state index in [1.807, 2.05) is 0 Å². The monoisotopic (exact) mass is 325 g/mol. The third-order valence-corrected chi connectivity index (χ3v) is 2.87. The van der Waals surface area contributed by atoms with Gasteiger partial charge >= 0.3 is 17.9 Å². The number of anilines is 1. The lowest BCUT2D eigenvalue weighted by Crippen LogP contribution is -2.36. The number of hydrogen-bond donors (Lipinski definition) is 0. The van der Waals surface area contributed by atoms with Gasteiger partial charge in [-0.2, -0.15) is 0 Å². The van der Waals surface area contributed by atoms with Crippen LogP contribution < -0.4 is 9.64 Å². The zero-order valence-corrected chi connectivity index (χ0v) is 13.2. The van der Waals surface area contributed by atoms with Crippen LogP contribution in [0, 0.1) is 0 Å². The fourth-order valence-electron chi connectivity index (χ4n) is 1.70. The number of esters is 3. The van der Waals surface area contributed by atoms with E-state index in [4.69, 9.17) is 4.74 Å². The molecular formula is C15H19NO7. The molecule has 0 bridgehead atoms. The van der Waals surface area contributed by atoms with Crippen LogP contribution in [-0.2, 0) is 28.6 Å². The molecule has 0 fully saturated rings. The number of carbonyl (C=O) groups is 3. The van der Waals surface area contributed by atoms with Crippen molar-refractivity contribution in [1.29, 1.82) is 0 Å². The summed E-state index contributed by atoms with van der Waals surface area (Å²) < 4.78 is 19.1. The molecule has 0 heterocycles. The Morgan fingerprint density at radius 1 is 0.870 bits per heavy atom. The summed E-state index contributed by atoms with van der Waals surface area (Å²) in [6.07, 6.45) is 0. The number of hydrogen-bond acceptors (Lipinski definition) is 8. The first-order chi connectivity index (χ1) is 11.0. The van der Waals surface area contributed by atoms with Crippen LogP contribution in [0.15, 0.2) is 24.3 Å². The van der Waals surface area contributed by atoms with E-state index in [1.165, 1.54) is 26.2 Å². The van der Waals surface area contributed by atoms with Crippen LogP contribution in [0.3, 0.4) is 0 Å². The molecule has 8 nitrogen and oxygen atoms in total. The van der Waals surface area contributed by atoms with E-state index < -0.39 is 17.9 Å². The van der Waals surface area contributed by atoms with Crippen molar-refractivity contribution >= 4 is 23.6 Å². The number of ether oxygens (including phenoxy) is 4. The maximum Gasteiger partial charge on any atom is 0.343 e. The zero-order valence-electron chi connectivity index (χ0n) is 13.2. The van der Waals surface area contributed by atoms with Gasteiger partial charge in [0, 0.05) is 0 Å². The van der Waals surface area contributed by atoms with E-state index in [9.17, 15) is 14.4 Å². The predicted octanol–water partition coefficient (Wildman–Crippen LogP) is 0.391. The normalized spacial score (nSPS) is 9.70. The van der Waals surface area contributed by atoms with Crippen LogP contribution >= 0.6 is 0 Å².